The second-order valence-electron chi connectivity index (χ2n) is 6.96. The third kappa shape index (κ3) is 4.34. The summed E-state index contributed by atoms with van der Waals surface area (Å²) in [6.45, 7) is 1.42. The summed E-state index contributed by atoms with van der Waals surface area (Å²) in [7, 11) is -3.85. The molecule has 1 aliphatic rings. The molecule has 8 nitrogen and oxygen atoms in total. The Bertz CT molecular complexity index is 1120. The van der Waals surface area contributed by atoms with Gasteiger partial charge in [-0.05, 0) is 55.5 Å². The molecule has 0 N–H and O–H groups in total. The fraction of sp³-hybridized carbons (Fsp3) is 0.300. The van der Waals surface area contributed by atoms with Crippen molar-refractivity contribution in [3.05, 3.63) is 68.8 Å². The summed E-state index contributed by atoms with van der Waals surface area (Å²) in [6, 6.07) is 8.35. The maximum absolute atomic E-state index is 12.6. The van der Waals surface area contributed by atoms with Crippen molar-refractivity contribution in [1.29, 1.82) is 0 Å². The highest BCUT2D eigenvalue weighted by atomic mass is 32.2. The Morgan fingerprint density at radius 1 is 1.07 bits per heavy atom. The number of nitro groups is 1. The zero-order valence-electron chi connectivity index (χ0n) is 15.9. The van der Waals surface area contributed by atoms with Crippen LogP contribution in [-0.4, -0.2) is 37.5 Å². The maximum atomic E-state index is 12.6. The minimum Gasteiger partial charge on any atom is -0.451 e. The van der Waals surface area contributed by atoms with E-state index in [1.54, 1.807) is 12.1 Å². The molecule has 1 atom stereocenters. The van der Waals surface area contributed by atoms with E-state index in [2.05, 4.69) is 0 Å². The van der Waals surface area contributed by atoms with E-state index in [1.165, 1.54) is 12.5 Å². The number of esters is 1. The van der Waals surface area contributed by atoms with E-state index in [-0.39, 0.29) is 11.3 Å². The molecule has 0 saturated carbocycles. The molecule has 3 rings (SSSR count). The van der Waals surface area contributed by atoms with Gasteiger partial charge in [0.05, 0.1) is 10.5 Å². The lowest BCUT2D eigenvalue weighted by Gasteiger charge is -2.13. The van der Waals surface area contributed by atoms with Crippen molar-refractivity contribution in [3.63, 3.8) is 0 Å². The fourth-order valence-electron chi connectivity index (χ4n) is 3.34. The van der Waals surface area contributed by atoms with Crippen LogP contribution < -0.4 is 0 Å². The van der Waals surface area contributed by atoms with E-state index < -0.39 is 37.4 Å². The van der Waals surface area contributed by atoms with Crippen LogP contribution in [0.5, 0.6) is 0 Å². The van der Waals surface area contributed by atoms with Crippen LogP contribution in [0.25, 0.3) is 0 Å². The summed E-state index contributed by atoms with van der Waals surface area (Å²) >= 11 is 0. The number of nitrogens with zero attached hydrogens (tertiary/aromatic N) is 1. The molecule has 0 heterocycles. The number of hydrogen-bond acceptors (Lipinski definition) is 7. The molecular formula is C20H19NO7S. The Morgan fingerprint density at radius 2 is 1.72 bits per heavy atom. The van der Waals surface area contributed by atoms with Gasteiger partial charge in [-0.2, -0.15) is 0 Å². The first kappa shape index (κ1) is 20.7. The van der Waals surface area contributed by atoms with Crippen molar-refractivity contribution >= 4 is 27.3 Å². The van der Waals surface area contributed by atoms with Crippen LogP contribution in [0.1, 0.15) is 45.2 Å². The van der Waals surface area contributed by atoms with Crippen molar-refractivity contribution in [1.82, 2.24) is 0 Å². The zero-order chi connectivity index (χ0) is 21.3. The fourth-order valence-corrected chi connectivity index (χ4v) is 4.17. The largest absolute Gasteiger partial charge is 0.451 e. The Hall–Kier alpha value is -3.07. The quantitative estimate of drug-likeness (QED) is 0.307. The molecule has 2 aromatic rings. The highest BCUT2D eigenvalue weighted by molar-refractivity contribution is 7.90. The Balaban J connectivity index is 1.80. The van der Waals surface area contributed by atoms with E-state index >= 15 is 0 Å². The predicted molar refractivity (Wildman–Crippen MR) is 104 cm³/mol. The average Bonchev–Trinajstić information content (AvgIpc) is 3.13. The number of benzene rings is 2. The van der Waals surface area contributed by atoms with Crippen LogP contribution in [0.2, 0.25) is 0 Å². The maximum Gasteiger partial charge on any atom is 0.339 e. The molecule has 0 radical (unpaired) electrons. The molecule has 0 aromatic heterocycles. The monoisotopic (exact) mass is 417 g/mol. The van der Waals surface area contributed by atoms with Gasteiger partial charge in [-0.15, -0.1) is 0 Å². The number of ketones is 1. The van der Waals surface area contributed by atoms with E-state index in [0.29, 0.717) is 5.56 Å². The molecule has 2 aromatic carbocycles. The molecule has 0 saturated heterocycles. The minimum atomic E-state index is -3.85. The Kier molecular flexibility index (Phi) is 5.52. The SMILES string of the molecule is C[C@H](OC(=O)c1ccc(S(C)(=O)=O)c([N+](=O)[O-])c1)C(=O)c1ccc2c(c1)CCC2. The van der Waals surface area contributed by atoms with Gasteiger partial charge in [0.1, 0.15) is 4.90 Å². The molecule has 0 bridgehead atoms. The number of hydrogen-bond donors (Lipinski definition) is 0. The van der Waals surface area contributed by atoms with Gasteiger partial charge in [0, 0.05) is 17.9 Å². The highest BCUT2D eigenvalue weighted by Crippen LogP contribution is 2.26. The third-order valence-electron chi connectivity index (χ3n) is 4.83. The number of carbonyl (C=O) groups excluding carboxylic acids is 2. The lowest BCUT2D eigenvalue weighted by atomic mass is 10.0. The number of Topliss-reactive ketones (excluding diaryl/α,β-unsaturated/α-hetero) is 1. The van der Waals surface area contributed by atoms with Crippen molar-refractivity contribution in [2.24, 2.45) is 0 Å². The second-order valence-corrected chi connectivity index (χ2v) is 8.94. The van der Waals surface area contributed by atoms with Crippen molar-refractivity contribution in [3.8, 4) is 0 Å². The molecule has 9 heteroatoms. The molecular weight excluding hydrogens is 398 g/mol. The number of carbonyl (C=O) groups is 2. The summed E-state index contributed by atoms with van der Waals surface area (Å²) in [6.07, 6.45) is 2.66. The summed E-state index contributed by atoms with van der Waals surface area (Å²) in [5.74, 6) is -1.33. The Labute approximate surface area is 167 Å². The number of ether oxygens (including phenoxy) is 1. The van der Waals surface area contributed by atoms with E-state index in [9.17, 15) is 28.1 Å². The first-order valence-corrected chi connectivity index (χ1v) is 10.8. The third-order valence-corrected chi connectivity index (χ3v) is 5.97. The molecule has 1 aliphatic carbocycles. The van der Waals surface area contributed by atoms with Gasteiger partial charge in [0.2, 0.25) is 5.78 Å². The van der Waals surface area contributed by atoms with Crippen LogP contribution in [0.4, 0.5) is 5.69 Å². The van der Waals surface area contributed by atoms with Crippen molar-refractivity contribution in [2.45, 2.75) is 37.2 Å². The smallest absolute Gasteiger partial charge is 0.339 e. The van der Waals surface area contributed by atoms with Crippen LogP contribution in [-0.2, 0) is 27.4 Å². The normalized spacial score (nSPS) is 14.1. The summed E-state index contributed by atoms with van der Waals surface area (Å²) < 4.78 is 28.5. The van der Waals surface area contributed by atoms with Crippen molar-refractivity contribution in [2.75, 3.05) is 6.26 Å². The number of aryl methyl sites for hydroxylation is 2. The average molecular weight is 417 g/mol. The van der Waals surface area contributed by atoms with Crippen LogP contribution in [0.15, 0.2) is 41.3 Å². The molecule has 29 heavy (non-hydrogen) atoms. The highest BCUT2D eigenvalue weighted by Gasteiger charge is 2.26. The summed E-state index contributed by atoms with van der Waals surface area (Å²) in [4.78, 5) is 34.8. The molecule has 0 amide bonds. The minimum absolute atomic E-state index is 0.210. The van der Waals surface area contributed by atoms with Gasteiger partial charge in [0.25, 0.3) is 5.69 Å². The van der Waals surface area contributed by atoms with Gasteiger partial charge < -0.3 is 4.74 Å². The van der Waals surface area contributed by atoms with Gasteiger partial charge in [-0.25, -0.2) is 13.2 Å². The predicted octanol–water partition coefficient (Wildman–Crippen LogP) is 2.92. The van der Waals surface area contributed by atoms with Crippen LogP contribution >= 0.6 is 0 Å². The van der Waals surface area contributed by atoms with E-state index in [1.807, 2.05) is 6.07 Å². The molecule has 0 unspecified atom stereocenters. The van der Waals surface area contributed by atoms with Crippen molar-refractivity contribution < 1.29 is 27.7 Å². The number of fused-ring (bicyclic) bond motifs is 1. The molecule has 152 valence electrons. The summed E-state index contributed by atoms with van der Waals surface area (Å²) in [5, 5.41) is 11.2. The van der Waals surface area contributed by atoms with Crippen LogP contribution in [0, 0.1) is 10.1 Å². The topological polar surface area (TPSA) is 121 Å². The molecule has 0 fully saturated rings. The lowest BCUT2D eigenvalue weighted by molar-refractivity contribution is -0.387. The Morgan fingerprint density at radius 3 is 2.38 bits per heavy atom. The summed E-state index contributed by atoms with van der Waals surface area (Å²) in [5.41, 5.74) is 1.83. The lowest BCUT2D eigenvalue weighted by Crippen LogP contribution is -2.24. The van der Waals surface area contributed by atoms with E-state index in [4.69, 9.17) is 4.74 Å². The number of sulfone groups is 1. The molecule has 0 aliphatic heterocycles. The van der Waals surface area contributed by atoms with Gasteiger partial charge in [-0.3, -0.25) is 14.9 Å². The second kappa shape index (κ2) is 7.75. The van der Waals surface area contributed by atoms with Gasteiger partial charge in [-0.1, -0.05) is 12.1 Å². The first-order valence-electron chi connectivity index (χ1n) is 8.93. The van der Waals surface area contributed by atoms with E-state index in [0.717, 1.165) is 49.3 Å². The van der Waals surface area contributed by atoms with Gasteiger partial charge >= 0.3 is 5.97 Å². The standard InChI is InChI=1S/C20H19NO7S/c1-12(19(22)15-7-6-13-4-3-5-14(13)10-15)28-20(23)16-8-9-18(29(2,26)27)17(11-16)21(24)25/h6-12H,3-5H2,1-2H3/t12-/m0/s1. The number of rotatable bonds is 6. The van der Waals surface area contributed by atoms with Crippen LogP contribution in [0.3, 0.4) is 0 Å². The number of nitro benzene ring substituents is 1. The zero-order valence-corrected chi connectivity index (χ0v) is 16.7. The molecule has 0 spiro atoms. The van der Waals surface area contributed by atoms with Gasteiger partial charge in [0.15, 0.2) is 15.9 Å². The first-order chi connectivity index (χ1) is 13.6.